The van der Waals surface area contributed by atoms with Crippen molar-refractivity contribution in [3.05, 3.63) is 30.5 Å². The normalized spacial score (nSPS) is 15.6. The molecule has 0 bridgehead atoms. The minimum atomic E-state index is 0.268. The van der Waals surface area contributed by atoms with Crippen LogP contribution in [0.1, 0.15) is 13.8 Å². The van der Waals surface area contributed by atoms with E-state index in [0.717, 1.165) is 31.9 Å². The molecular weight excluding hydrogens is 302 g/mol. The molecule has 3 rings (SSSR count). The molecule has 0 aliphatic carbocycles. The van der Waals surface area contributed by atoms with Crippen LogP contribution in [0.3, 0.4) is 0 Å². The first-order valence-electron chi connectivity index (χ1n) is 8.37. The summed E-state index contributed by atoms with van der Waals surface area (Å²) < 4.78 is 0. The van der Waals surface area contributed by atoms with Crippen LogP contribution in [0, 0.1) is 0 Å². The number of benzene rings is 1. The fourth-order valence-corrected chi connectivity index (χ4v) is 2.65. The highest BCUT2D eigenvalue weighted by atomic mass is 15.3. The highest BCUT2D eigenvalue weighted by molar-refractivity contribution is 5.61. The summed E-state index contributed by atoms with van der Waals surface area (Å²) in [6.45, 7) is 8.45. The van der Waals surface area contributed by atoms with Crippen molar-refractivity contribution in [2.45, 2.75) is 19.9 Å². The lowest BCUT2D eigenvalue weighted by Gasteiger charge is -2.34. The molecule has 2 aromatic rings. The van der Waals surface area contributed by atoms with Crippen molar-refractivity contribution in [3.63, 3.8) is 0 Å². The van der Waals surface area contributed by atoms with E-state index in [9.17, 15) is 0 Å². The molecule has 0 atom stereocenters. The van der Waals surface area contributed by atoms with E-state index in [4.69, 9.17) is 0 Å². The summed E-state index contributed by atoms with van der Waals surface area (Å²) in [5.41, 5.74) is 2.25. The molecule has 0 amide bonds. The van der Waals surface area contributed by atoms with E-state index < -0.39 is 0 Å². The molecule has 0 unspecified atom stereocenters. The summed E-state index contributed by atoms with van der Waals surface area (Å²) in [6, 6.07) is 8.71. The minimum Gasteiger partial charge on any atom is -0.369 e. The zero-order chi connectivity index (χ0) is 16.9. The minimum absolute atomic E-state index is 0.268. The Morgan fingerprint density at radius 2 is 1.75 bits per heavy atom. The topological polar surface area (TPSA) is 69.2 Å². The predicted molar refractivity (Wildman–Crippen MR) is 98.0 cm³/mol. The zero-order valence-corrected chi connectivity index (χ0v) is 14.5. The maximum absolute atomic E-state index is 4.42. The molecule has 1 aliphatic rings. The third-order valence-electron chi connectivity index (χ3n) is 3.98. The van der Waals surface area contributed by atoms with Crippen molar-refractivity contribution in [2.75, 3.05) is 48.8 Å². The molecule has 1 saturated heterocycles. The first kappa shape index (κ1) is 16.4. The van der Waals surface area contributed by atoms with Crippen LogP contribution in [0.15, 0.2) is 30.5 Å². The van der Waals surface area contributed by atoms with Gasteiger partial charge in [-0.05, 0) is 45.2 Å². The second-order valence-corrected chi connectivity index (χ2v) is 6.43. The Morgan fingerprint density at radius 1 is 1.04 bits per heavy atom. The molecule has 7 nitrogen and oxygen atoms in total. The van der Waals surface area contributed by atoms with E-state index in [1.165, 1.54) is 5.69 Å². The molecule has 1 aromatic heterocycles. The van der Waals surface area contributed by atoms with E-state index in [1.807, 2.05) is 13.8 Å². The average Bonchev–Trinajstić information content (AvgIpc) is 2.56. The lowest BCUT2D eigenvalue weighted by Crippen LogP contribution is -2.44. The number of rotatable bonds is 5. The van der Waals surface area contributed by atoms with Crippen molar-refractivity contribution >= 4 is 23.1 Å². The van der Waals surface area contributed by atoms with Gasteiger partial charge in [0.25, 0.3) is 0 Å². The number of aromatic nitrogens is 3. The van der Waals surface area contributed by atoms with Crippen molar-refractivity contribution in [2.24, 2.45) is 0 Å². The summed E-state index contributed by atoms with van der Waals surface area (Å²) in [7, 11) is 2.17. The molecule has 7 heteroatoms. The Labute approximate surface area is 143 Å². The van der Waals surface area contributed by atoms with Crippen LogP contribution in [0.5, 0.6) is 0 Å². The Hall–Kier alpha value is -2.41. The lowest BCUT2D eigenvalue weighted by atomic mass is 10.2. The molecule has 1 fully saturated rings. The summed E-state index contributed by atoms with van der Waals surface area (Å²) in [5, 5.41) is 14.4. The van der Waals surface area contributed by atoms with Crippen molar-refractivity contribution < 1.29 is 0 Å². The van der Waals surface area contributed by atoms with Crippen LogP contribution in [0.25, 0.3) is 0 Å². The average molecular weight is 327 g/mol. The van der Waals surface area contributed by atoms with Gasteiger partial charge in [0.1, 0.15) is 0 Å². The van der Waals surface area contributed by atoms with Gasteiger partial charge in [0.15, 0.2) is 5.82 Å². The Balaban J connectivity index is 1.64. The maximum Gasteiger partial charge on any atom is 0.244 e. The molecule has 1 aliphatic heterocycles. The van der Waals surface area contributed by atoms with Gasteiger partial charge in [-0.25, -0.2) is 0 Å². The standard InChI is InChI=1S/C17H25N7/c1-13(2)19-17-21-16(12-18-22-17)20-14-4-6-15(7-5-14)24-10-8-23(3)9-11-24/h4-7,12-13H,8-11H2,1-3H3,(H2,19,20,21,22). The van der Waals surface area contributed by atoms with E-state index in [2.05, 4.69) is 66.9 Å². The molecule has 128 valence electrons. The van der Waals surface area contributed by atoms with Crippen LogP contribution in [-0.2, 0) is 0 Å². The summed E-state index contributed by atoms with van der Waals surface area (Å²) in [5.74, 6) is 1.21. The van der Waals surface area contributed by atoms with Gasteiger partial charge in [-0.1, -0.05) is 0 Å². The number of likely N-dealkylation sites (N-methyl/N-ethyl adjacent to an activating group) is 1. The number of piperazine rings is 1. The van der Waals surface area contributed by atoms with Crippen LogP contribution in [-0.4, -0.2) is 59.3 Å². The van der Waals surface area contributed by atoms with E-state index >= 15 is 0 Å². The van der Waals surface area contributed by atoms with E-state index in [-0.39, 0.29) is 6.04 Å². The molecule has 0 saturated carbocycles. The molecule has 24 heavy (non-hydrogen) atoms. The van der Waals surface area contributed by atoms with Crippen LogP contribution >= 0.6 is 0 Å². The molecule has 2 N–H and O–H groups in total. The van der Waals surface area contributed by atoms with Crippen LogP contribution in [0.2, 0.25) is 0 Å². The van der Waals surface area contributed by atoms with E-state index in [1.54, 1.807) is 6.20 Å². The fraction of sp³-hybridized carbons (Fsp3) is 0.471. The zero-order valence-electron chi connectivity index (χ0n) is 14.5. The number of hydrogen-bond donors (Lipinski definition) is 2. The van der Waals surface area contributed by atoms with Gasteiger partial charge >= 0.3 is 0 Å². The molecule has 2 heterocycles. The predicted octanol–water partition coefficient (Wildman–Crippen LogP) is 2.19. The maximum atomic E-state index is 4.42. The van der Waals surface area contributed by atoms with Gasteiger partial charge in [0, 0.05) is 43.6 Å². The first-order valence-corrected chi connectivity index (χ1v) is 8.37. The van der Waals surface area contributed by atoms with Crippen molar-refractivity contribution in [1.29, 1.82) is 0 Å². The van der Waals surface area contributed by atoms with Gasteiger partial charge < -0.3 is 20.4 Å². The number of hydrogen-bond acceptors (Lipinski definition) is 7. The number of nitrogens with one attached hydrogen (secondary N) is 2. The second kappa shape index (κ2) is 7.44. The third kappa shape index (κ3) is 4.32. The van der Waals surface area contributed by atoms with Gasteiger partial charge in [0.2, 0.25) is 5.95 Å². The monoisotopic (exact) mass is 327 g/mol. The summed E-state index contributed by atoms with van der Waals surface area (Å²) >= 11 is 0. The van der Waals surface area contributed by atoms with Crippen LogP contribution in [0.4, 0.5) is 23.1 Å². The Morgan fingerprint density at radius 3 is 2.42 bits per heavy atom. The number of anilines is 4. The largest absolute Gasteiger partial charge is 0.369 e. The quantitative estimate of drug-likeness (QED) is 0.872. The van der Waals surface area contributed by atoms with Crippen molar-refractivity contribution in [1.82, 2.24) is 20.1 Å². The highest BCUT2D eigenvalue weighted by Crippen LogP contribution is 2.21. The molecule has 0 spiro atoms. The number of nitrogens with zero attached hydrogens (tertiary/aromatic N) is 5. The van der Waals surface area contributed by atoms with Crippen molar-refractivity contribution in [3.8, 4) is 0 Å². The Kier molecular flexibility index (Phi) is 5.10. The fourth-order valence-electron chi connectivity index (χ4n) is 2.65. The molecule has 0 radical (unpaired) electrons. The Bertz CT molecular complexity index is 648. The lowest BCUT2D eigenvalue weighted by molar-refractivity contribution is 0.313. The third-order valence-corrected chi connectivity index (χ3v) is 3.98. The van der Waals surface area contributed by atoms with Gasteiger partial charge in [-0.3, -0.25) is 0 Å². The smallest absolute Gasteiger partial charge is 0.244 e. The van der Waals surface area contributed by atoms with Gasteiger partial charge in [0.05, 0.1) is 6.20 Å². The van der Waals surface area contributed by atoms with Gasteiger partial charge in [-0.2, -0.15) is 10.1 Å². The summed E-state index contributed by atoms with van der Waals surface area (Å²) in [4.78, 5) is 9.19. The summed E-state index contributed by atoms with van der Waals surface area (Å²) in [6.07, 6.45) is 1.62. The van der Waals surface area contributed by atoms with Gasteiger partial charge in [-0.15, -0.1) is 5.10 Å². The van der Waals surface area contributed by atoms with Crippen LogP contribution < -0.4 is 15.5 Å². The highest BCUT2D eigenvalue weighted by Gasteiger charge is 2.14. The van der Waals surface area contributed by atoms with E-state index in [0.29, 0.717) is 11.8 Å². The second-order valence-electron chi connectivity index (χ2n) is 6.43. The SMILES string of the molecule is CC(C)Nc1nncc(Nc2ccc(N3CCN(C)CC3)cc2)n1. The first-order chi connectivity index (χ1) is 11.6. The molecular formula is C17H25N7. The molecule has 1 aromatic carbocycles.